The first-order chi connectivity index (χ1) is 6.31. The van der Waals surface area contributed by atoms with E-state index in [4.69, 9.17) is 10.8 Å². The van der Waals surface area contributed by atoms with Gasteiger partial charge in [0.2, 0.25) is 0 Å². The highest BCUT2D eigenvalue weighted by molar-refractivity contribution is 5.19. The van der Waals surface area contributed by atoms with Gasteiger partial charge in [0.25, 0.3) is 0 Å². The van der Waals surface area contributed by atoms with Crippen molar-refractivity contribution in [1.82, 2.24) is 4.98 Å². The minimum Gasteiger partial charge on any atom is -0.392 e. The maximum Gasteiger partial charge on any atom is 0.0683 e. The maximum atomic E-state index is 8.93. The van der Waals surface area contributed by atoms with Crippen molar-refractivity contribution in [2.24, 2.45) is 11.7 Å². The van der Waals surface area contributed by atoms with Gasteiger partial charge in [-0.05, 0) is 36.5 Å². The third kappa shape index (κ3) is 1.87. The number of hydrogen-bond acceptors (Lipinski definition) is 3. The van der Waals surface area contributed by atoms with Crippen LogP contribution in [0.5, 0.6) is 0 Å². The average Bonchev–Trinajstić information content (AvgIpc) is 3.00. The van der Waals surface area contributed by atoms with Gasteiger partial charge in [0, 0.05) is 12.2 Å². The topological polar surface area (TPSA) is 59.1 Å². The SMILES string of the molecule is N[C@@H](c1cc(CO)ccn1)C1CC1. The van der Waals surface area contributed by atoms with E-state index in [9.17, 15) is 0 Å². The van der Waals surface area contributed by atoms with Crippen LogP contribution in [0.1, 0.15) is 30.1 Å². The zero-order valence-electron chi connectivity index (χ0n) is 7.48. The van der Waals surface area contributed by atoms with Crippen molar-refractivity contribution in [2.75, 3.05) is 0 Å². The van der Waals surface area contributed by atoms with Gasteiger partial charge in [-0.15, -0.1) is 0 Å². The van der Waals surface area contributed by atoms with Gasteiger partial charge < -0.3 is 10.8 Å². The predicted octanol–water partition coefficient (Wildman–Crippen LogP) is 0.984. The van der Waals surface area contributed by atoms with E-state index in [-0.39, 0.29) is 12.6 Å². The van der Waals surface area contributed by atoms with E-state index >= 15 is 0 Å². The Kier molecular flexibility index (Phi) is 2.29. The predicted molar refractivity (Wildman–Crippen MR) is 49.8 cm³/mol. The first kappa shape index (κ1) is 8.66. The summed E-state index contributed by atoms with van der Waals surface area (Å²) < 4.78 is 0. The molecular weight excluding hydrogens is 164 g/mol. The lowest BCUT2D eigenvalue weighted by molar-refractivity contribution is 0.281. The van der Waals surface area contributed by atoms with Gasteiger partial charge in [-0.1, -0.05) is 0 Å². The third-order valence-electron chi connectivity index (χ3n) is 2.50. The quantitative estimate of drug-likeness (QED) is 0.725. The summed E-state index contributed by atoms with van der Waals surface area (Å²) >= 11 is 0. The molecule has 3 nitrogen and oxygen atoms in total. The van der Waals surface area contributed by atoms with Gasteiger partial charge in [0.05, 0.1) is 12.3 Å². The molecule has 1 aromatic heterocycles. The number of aromatic nitrogens is 1. The number of rotatable bonds is 3. The summed E-state index contributed by atoms with van der Waals surface area (Å²) in [6.07, 6.45) is 4.14. The number of aliphatic hydroxyl groups is 1. The van der Waals surface area contributed by atoms with E-state index < -0.39 is 0 Å². The molecule has 0 saturated heterocycles. The maximum absolute atomic E-state index is 8.93. The van der Waals surface area contributed by atoms with Gasteiger partial charge in [-0.25, -0.2) is 0 Å². The first-order valence-corrected chi connectivity index (χ1v) is 4.62. The Bertz CT molecular complexity index is 297. The van der Waals surface area contributed by atoms with Crippen LogP contribution < -0.4 is 5.73 Å². The first-order valence-electron chi connectivity index (χ1n) is 4.62. The smallest absolute Gasteiger partial charge is 0.0683 e. The molecule has 1 saturated carbocycles. The molecule has 0 radical (unpaired) electrons. The van der Waals surface area contributed by atoms with Crippen molar-refractivity contribution in [1.29, 1.82) is 0 Å². The molecule has 1 aliphatic carbocycles. The highest BCUT2D eigenvalue weighted by Gasteiger charge is 2.30. The lowest BCUT2D eigenvalue weighted by Gasteiger charge is -2.09. The molecule has 1 heterocycles. The minimum atomic E-state index is 0.0616. The fraction of sp³-hybridized carbons (Fsp3) is 0.500. The lowest BCUT2D eigenvalue weighted by Crippen LogP contribution is -2.14. The van der Waals surface area contributed by atoms with Gasteiger partial charge in [-0.3, -0.25) is 4.98 Å². The van der Waals surface area contributed by atoms with Crippen LogP contribution >= 0.6 is 0 Å². The van der Waals surface area contributed by atoms with Crippen LogP contribution in [0.15, 0.2) is 18.3 Å². The Morgan fingerprint density at radius 2 is 2.38 bits per heavy atom. The lowest BCUT2D eigenvalue weighted by atomic mass is 10.1. The van der Waals surface area contributed by atoms with E-state index in [0.29, 0.717) is 5.92 Å². The highest BCUT2D eigenvalue weighted by atomic mass is 16.3. The summed E-state index contributed by atoms with van der Waals surface area (Å²) in [7, 11) is 0. The van der Waals surface area contributed by atoms with E-state index in [1.807, 2.05) is 12.1 Å². The van der Waals surface area contributed by atoms with Gasteiger partial charge in [0.1, 0.15) is 0 Å². The number of nitrogens with zero attached hydrogens (tertiary/aromatic N) is 1. The van der Waals surface area contributed by atoms with Crippen molar-refractivity contribution in [3.63, 3.8) is 0 Å². The Morgan fingerprint density at radius 1 is 1.62 bits per heavy atom. The summed E-state index contributed by atoms with van der Waals surface area (Å²) in [5.74, 6) is 0.612. The minimum absolute atomic E-state index is 0.0616. The Labute approximate surface area is 77.6 Å². The van der Waals surface area contributed by atoms with Gasteiger partial charge >= 0.3 is 0 Å². The monoisotopic (exact) mass is 178 g/mol. The summed E-state index contributed by atoms with van der Waals surface area (Å²) in [6, 6.07) is 3.76. The summed E-state index contributed by atoms with van der Waals surface area (Å²) in [5, 5.41) is 8.93. The van der Waals surface area contributed by atoms with Crippen LogP contribution in [-0.4, -0.2) is 10.1 Å². The van der Waals surface area contributed by atoms with E-state index in [1.54, 1.807) is 6.20 Å². The van der Waals surface area contributed by atoms with Crippen LogP contribution in [0.25, 0.3) is 0 Å². The van der Waals surface area contributed by atoms with Crippen molar-refractivity contribution in [3.05, 3.63) is 29.6 Å². The van der Waals surface area contributed by atoms with E-state index in [1.165, 1.54) is 12.8 Å². The molecule has 0 bridgehead atoms. The molecule has 0 amide bonds. The van der Waals surface area contributed by atoms with E-state index in [2.05, 4.69) is 4.98 Å². The number of pyridine rings is 1. The van der Waals surface area contributed by atoms with Crippen LogP contribution in [-0.2, 0) is 6.61 Å². The Hall–Kier alpha value is -0.930. The molecule has 1 aromatic rings. The zero-order chi connectivity index (χ0) is 9.26. The molecular formula is C10H14N2O. The summed E-state index contributed by atoms with van der Waals surface area (Å²) in [5.41, 5.74) is 7.78. The molecule has 1 aliphatic rings. The molecule has 0 aliphatic heterocycles. The Balaban J connectivity index is 2.18. The fourth-order valence-electron chi connectivity index (χ4n) is 1.47. The second kappa shape index (κ2) is 3.44. The molecule has 0 spiro atoms. The highest BCUT2D eigenvalue weighted by Crippen LogP contribution is 2.38. The standard InChI is InChI=1S/C10H14N2O/c11-10(8-1-2-8)9-5-7(6-13)3-4-12-9/h3-5,8,10,13H,1-2,6,11H2/t10-/m1/s1. The van der Waals surface area contributed by atoms with Crippen LogP contribution in [0, 0.1) is 5.92 Å². The molecule has 1 fully saturated rings. The third-order valence-corrected chi connectivity index (χ3v) is 2.50. The Morgan fingerprint density at radius 3 is 3.00 bits per heavy atom. The summed E-state index contributed by atoms with van der Waals surface area (Å²) in [6.45, 7) is 0.0624. The second-order valence-electron chi connectivity index (χ2n) is 3.61. The summed E-state index contributed by atoms with van der Waals surface area (Å²) in [4.78, 5) is 4.21. The van der Waals surface area contributed by atoms with Crippen molar-refractivity contribution >= 4 is 0 Å². The fourth-order valence-corrected chi connectivity index (χ4v) is 1.47. The van der Waals surface area contributed by atoms with Crippen LogP contribution in [0.3, 0.4) is 0 Å². The molecule has 3 heteroatoms. The van der Waals surface area contributed by atoms with Crippen molar-refractivity contribution in [3.8, 4) is 0 Å². The molecule has 13 heavy (non-hydrogen) atoms. The normalized spacial score (nSPS) is 18.6. The van der Waals surface area contributed by atoms with Crippen molar-refractivity contribution < 1.29 is 5.11 Å². The number of nitrogens with two attached hydrogens (primary N) is 1. The number of aliphatic hydroxyl groups excluding tert-OH is 1. The molecule has 0 aromatic carbocycles. The van der Waals surface area contributed by atoms with Crippen molar-refractivity contribution in [2.45, 2.75) is 25.5 Å². The second-order valence-corrected chi connectivity index (χ2v) is 3.61. The largest absolute Gasteiger partial charge is 0.392 e. The molecule has 0 unspecified atom stereocenters. The zero-order valence-corrected chi connectivity index (χ0v) is 7.48. The molecule has 3 N–H and O–H groups in total. The average molecular weight is 178 g/mol. The molecule has 70 valence electrons. The van der Waals surface area contributed by atoms with Crippen LogP contribution in [0.2, 0.25) is 0 Å². The van der Waals surface area contributed by atoms with Crippen LogP contribution in [0.4, 0.5) is 0 Å². The molecule has 1 atom stereocenters. The number of hydrogen-bond donors (Lipinski definition) is 2. The van der Waals surface area contributed by atoms with E-state index in [0.717, 1.165) is 11.3 Å². The molecule has 2 rings (SSSR count). The van der Waals surface area contributed by atoms with Gasteiger partial charge in [0.15, 0.2) is 0 Å². The van der Waals surface area contributed by atoms with Gasteiger partial charge in [-0.2, -0.15) is 0 Å².